The molecule has 0 aromatic rings. The molecule has 0 saturated carbocycles. The second-order valence-electron chi connectivity index (χ2n) is 1.59. The summed E-state index contributed by atoms with van der Waals surface area (Å²) in [5.41, 5.74) is 0. The third-order valence-electron chi connectivity index (χ3n) is 0.933. The number of carbonyl (C=O) groups excluding carboxylic acids is 1. The van der Waals surface area contributed by atoms with Gasteiger partial charge in [-0.05, 0) is 12.2 Å². The molecular weight excluding hydrogens is 143 g/mol. The Kier molecular flexibility index (Phi) is 4.43. The molecule has 0 N–H and O–H groups in total. The fraction of sp³-hybridized carbons (Fsp3) is 0.167. The first-order chi connectivity index (χ1) is 4.30. The van der Waals surface area contributed by atoms with Crippen molar-refractivity contribution in [1.29, 1.82) is 0 Å². The van der Waals surface area contributed by atoms with Crippen LogP contribution in [0.25, 0.3) is 0 Å². The van der Waals surface area contributed by atoms with E-state index in [-0.39, 0.29) is 29.6 Å². The Balaban J connectivity index is 0.000000810. The van der Waals surface area contributed by atoms with Crippen LogP contribution in [0.15, 0.2) is 24.5 Å². The third-order valence-corrected chi connectivity index (χ3v) is 0.933. The van der Waals surface area contributed by atoms with Crippen LogP contribution in [0.4, 0.5) is 0 Å². The van der Waals surface area contributed by atoms with Crippen LogP contribution in [0.3, 0.4) is 0 Å². The zero-order chi connectivity index (χ0) is 6.69. The maximum atomic E-state index is 10.0. The molecule has 0 spiro atoms. The van der Waals surface area contributed by atoms with Gasteiger partial charge in [0, 0.05) is 0 Å². The van der Waals surface area contributed by atoms with Gasteiger partial charge in [-0.2, -0.15) is 0 Å². The largest absolute Gasteiger partial charge is 1.00 e. The molecule has 0 aromatic heterocycles. The van der Waals surface area contributed by atoms with Crippen molar-refractivity contribution in [2.24, 2.45) is 0 Å². The summed E-state index contributed by atoms with van der Waals surface area (Å²) in [6, 6.07) is 0. The van der Waals surface area contributed by atoms with Crippen LogP contribution in [0.2, 0.25) is 0 Å². The molecule has 4 heteroatoms. The Morgan fingerprint density at radius 3 is 2.50 bits per heavy atom. The number of hydrogen-bond donors (Lipinski definition) is 0. The molecule has 0 fully saturated rings. The molecule has 0 radical (unpaired) electrons. The van der Waals surface area contributed by atoms with Gasteiger partial charge in [0.25, 0.3) is 0 Å². The number of ether oxygens (including phenoxy) is 1. The van der Waals surface area contributed by atoms with Gasteiger partial charge in [0.15, 0.2) is 6.10 Å². The minimum Gasteiger partial charge on any atom is -0.546 e. The zero-order valence-electron chi connectivity index (χ0n) is 5.61. The number of allylic oxidation sites excluding steroid dienone is 2. The van der Waals surface area contributed by atoms with Gasteiger partial charge in [-0.3, -0.25) is 0 Å². The zero-order valence-corrected chi connectivity index (χ0v) is 7.61. The Bertz CT molecular complexity index is 174. The summed E-state index contributed by atoms with van der Waals surface area (Å²) in [6.45, 7) is 0. The van der Waals surface area contributed by atoms with E-state index in [1.165, 1.54) is 12.3 Å². The minimum absolute atomic E-state index is 0. The van der Waals surface area contributed by atoms with E-state index < -0.39 is 12.1 Å². The molecule has 0 amide bonds. The summed E-state index contributed by atoms with van der Waals surface area (Å²) in [6.07, 6.45) is 5.04. The normalized spacial score (nSPS) is 21.0. The van der Waals surface area contributed by atoms with Crippen molar-refractivity contribution in [3.05, 3.63) is 24.5 Å². The minimum atomic E-state index is -1.21. The second-order valence-corrected chi connectivity index (χ2v) is 1.59. The maximum Gasteiger partial charge on any atom is 1.00 e. The number of carboxylic acid groups (broad SMARTS) is 1. The van der Waals surface area contributed by atoms with Gasteiger partial charge in [0.05, 0.1) is 12.2 Å². The van der Waals surface area contributed by atoms with E-state index in [4.69, 9.17) is 0 Å². The van der Waals surface area contributed by atoms with Gasteiger partial charge in [0.1, 0.15) is 0 Å². The van der Waals surface area contributed by atoms with Crippen molar-refractivity contribution in [2.75, 3.05) is 0 Å². The first kappa shape index (κ1) is 9.75. The van der Waals surface area contributed by atoms with E-state index >= 15 is 0 Å². The summed E-state index contributed by atoms with van der Waals surface area (Å²) in [7, 11) is 0. The molecule has 0 aliphatic carbocycles. The van der Waals surface area contributed by atoms with E-state index in [0.29, 0.717) is 0 Å². The Morgan fingerprint density at radius 1 is 1.50 bits per heavy atom. The van der Waals surface area contributed by atoms with E-state index in [2.05, 4.69) is 4.74 Å². The number of rotatable bonds is 1. The van der Waals surface area contributed by atoms with E-state index in [1.54, 1.807) is 12.2 Å². The monoisotopic (exact) mass is 148 g/mol. The van der Waals surface area contributed by atoms with Crippen LogP contribution < -0.4 is 34.7 Å². The van der Waals surface area contributed by atoms with Crippen LogP contribution >= 0.6 is 0 Å². The molecule has 1 unspecified atom stereocenters. The van der Waals surface area contributed by atoms with Crippen molar-refractivity contribution in [1.82, 2.24) is 0 Å². The molecule has 0 aromatic carbocycles. The molecule has 0 bridgehead atoms. The molecule has 3 nitrogen and oxygen atoms in total. The third kappa shape index (κ3) is 2.56. The van der Waals surface area contributed by atoms with Gasteiger partial charge < -0.3 is 14.6 Å². The average molecular weight is 148 g/mol. The fourth-order valence-corrected chi connectivity index (χ4v) is 0.520. The molecule has 48 valence electrons. The molecule has 1 heterocycles. The first-order valence-corrected chi connectivity index (χ1v) is 2.50. The van der Waals surface area contributed by atoms with Crippen LogP contribution in [0, 0.1) is 0 Å². The standard InChI is InChI=1S/C6H6O3.Na/c7-6(8)5-3-1-2-4-9-5;/h1-5H,(H,7,8);/q;+1/p-1. The summed E-state index contributed by atoms with van der Waals surface area (Å²) < 4.78 is 4.61. The van der Waals surface area contributed by atoms with Gasteiger partial charge in [0.2, 0.25) is 0 Å². The topological polar surface area (TPSA) is 49.4 Å². The van der Waals surface area contributed by atoms with Crippen LogP contribution in [0.5, 0.6) is 0 Å². The van der Waals surface area contributed by atoms with Gasteiger partial charge in [-0.25, -0.2) is 0 Å². The molecule has 0 saturated heterocycles. The smallest absolute Gasteiger partial charge is 0.546 e. The SMILES string of the molecule is O=C([O-])C1C=CC=CO1.[Na+]. The molecule has 1 aliphatic heterocycles. The summed E-state index contributed by atoms with van der Waals surface area (Å²) in [5.74, 6) is -1.21. The van der Waals surface area contributed by atoms with Gasteiger partial charge in [-0.15, -0.1) is 0 Å². The average Bonchev–Trinajstić information content (AvgIpc) is 1.90. The van der Waals surface area contributed by atoms with Gasteiger partial charge in [-0.1, -0.05) is 6.08 Å². The van der Waals surface area contributed by atoms with Gasteiger partial charge >= 0.3 is 29.6 Å². The molecule has 1 aliphatic rings. The van der Waals surface area contributed by atoms with Crippen molar-refractivity contribution >= 4 is 5.97 Å². The van der Waals surface area contributed by atoms with Crippen LogP contribution in [-0.4, -0.2) is 12.1 Å². The van der Waals surface area contributed by atoms with E-state index in [1.807, 2.05) is 0 Å². The summed E-state index contributed by atoms with van der Waals surface area (Å²) >= 11 is 0. The number of hydrogen-bond acceptors (Lipinski definition) is 3. The van der Waals surface area contributed by atoms with E-state index in [0.717, 1.165) is 0 Å². The van der Waals surface area contributed by atoms with Crippen molar-refractivity contribution in [3.63, 3.8) is 0 Å². The Morgan fingerprint density at radius 2 is 2.20 bits per heavy atom. The Labute approximate surface area is 80.7 Å². The Hall–Kier alpha value is -0.250. The number of carboxylic acids is 1. The maximum absolute atomic E-state index is 10.0. The molecule has 10 heavy (non-hydrogen) atoms. The summed E-state index contributed by atoms with van der Waals surface area (Å²) in [4.78, 5) is 10.0. The van der Waals surface area contributed by atoms with Crippen molar-refractivity contribution in [2.45, 2.75) is 6.10 Å². The van der Waals surface area contributed by atoms with Crippen molar-refractivity contribution in [3.8, 4) is 0 Å². The fourth-order valence-electron chi connectivity index (χ4n) is 0.520. The second kappa shape index (κ2) is 4.55. The number of carbonyl (C=O) groups is 1. The predicted octanol–water partition coefficient (Wildman–Crippen LogP) is -3.79. The quantitative estimate of drug-likeness (QED) is 0.358. The van der Waals surface area contributed by atoms with Crippen LogP contribution in [-0.2, 0) is 9.53 Å². The first-order valence-electron chi connectivity index (χ1n) is 2.50. The molecular formula is C6H5NaO3. The molecule has 1 atom stereocenters. The van der Waals surface area contributed by atoms with E-state index in [9.17, 15) is 9.90 Å². The predicted molar refractivity (Wildman–Crippen MR) is 28.2 cm³/mol. The summed E-state index contributed by atoms with van der Waals surface area (Å²) in [5, 5.41) is 10.0. The van der Waals surface area contributed by atoms with Crippen LogP contribution in [0.1, 0.15) is 0 Å². The molecule has 1 rings (SSSR count). The number of aliphatic carboxylic acids is 1. The van der Waals surface area contributed by atoms with Crippen molar-refractivity contribution < 1.29 is 44.2 Å².